The van der Waals surface area contributed by atoms with E-state index < -0.39 is 24.0 Å². The number of hydrogen-bond acceptors (Lipinski definition) is 5. The highest BCUT2D eigenvalue weighted by Gasteiger charge is 2.12. The lowest BCUT2D eigenvalue weighted by Gasteiger charge is -2.06. The van der Waals surface area contributed by atoms with Crippen molar-refractivity contribution in [1.82, 2.24) is 0 Å². The van der Waals surface area contributed by atoms with E-state index >= 15 is 0 Å². The number of carboxylic acid groups (broad SMARTS) is 2. The SMILES string of the molecule is CC(Nc1cc2ccccc2s1)C(=O)O.NC(Cc1ccc(Br)cc1)C(=O)O. The van der Waals surface area contributed by atoms with Crippen LogP contribution < -0.4 is 11.1 Å². The average Bonchev–Trinajstić information content (AvgIpc) is 3.06. The Hall–Kier alpha value is -2.42. The first kappa shape index (κ1) is 21.9. The molecule has 0 saturated carbocycles. The van der Waals surface area contributed by atoms with Crippen LogP contribution in [0.4, 0.5) is 5.00 Å². The molecular formula is C20H21BrN2O4S. The van der Waals surface area contributed by atoms with Crippen LogP contribution in [-0.4, -0.2) is 34.2 Å². The van der Waals surface area contributed by atoms with Crippen LogP contribution in [0.25, 0.3) is 10.1 Å². The summed E-state index contributed by atoms with van der Waals surface area (Å²) in [5.74, 6) is -1.81. The van der Waals surface area contributed by atoms with E-state index in [1.54, 1.807) is 18.3 Å². The van der Waals surface area contributed by atoms with Crippen LogP contribution in [0.2, 0.25) is 0 Å². The van der Waals surface area contributed by atoms with Gasteiger partial charge in [-0.15, -0.1) is 11.3 Å². The number of fused-ring (bicyclic) bond motifs is 1. The molecule has 2 unspecified atom stereocenters. The number of benzene rings is 2. The molecule has 8 heteroatoms. The molecule has 0 fully saturated rings. The van der Waals surface area contributed by atoms with Gasteiger partial charge in [0.2, 0.25) is 0 Å². The zero-order valence-corrected chi connectivity index (χ0v) is 17.5. The molecule has 0 aliphatic carbocycles. The largest absolute Gasteiger partial charge is 0.480 e. The van der Waals surface area contributed by atoms with E-state index in [2.05, 4.69) is 21.2 Å². The zero-order valence-electron chi connectivity index (χ0n) is 15.1. The van der Waals surface area contributed by atoms with Crippen LogP contribution in [0.15, 0.2) is 59.1 Å². The molecule has 0 spiro atoms. The Kier molecular flexibility index (Phi) is 7.98. The van der Waals surface area contributed by atoms with Gasteiger partial charge in [0.25, 0.3) is 0 Å². The van der Waals surface area contributed by atoms with Gasteiger partial charge in [0.1, 0.15) is 12.1 Å². The van der Waals surface area contributed by atoms with Crippen molar-refractivity contribution in [3.63, 3.8) is 0 Å². The summed E-state index contributed by atoms with van der Waals surface area (Å²) >= 11 is 4.86. The Balaban J connectivity index is 0.000000203. The fourth-order valence-corrected chi connectivity index (χ4v) is 3.60. The summed E-state index contributed by atoms with van der Waals surface area (Å²) in [6, 6.07) is 16.0. The van der Waals surface area contributed by atoms with Gasteiger partial charge in [0, 0.05) is 9.17 Å². The molecule has 3 aromatic rings. The number of thiophene rings is 1. The van der Waals surface area contributed by atoms with Gasteiger partial charge in [-0.3, -0.25) is 9.59 Å². The van der Waals surface area contributed by atoms with Crippen molar-refractivity contribution in [3.8, 4) is 0 Å². The molecule has 0 amide bonds. The number of hydrogen-bond donors (Lipinski definition) is 4. The molecule has 6 nitrogen and oxygen atoms in total. The molecule has 2 atom stereocenters. The van der Waals surface area contributed by atoms with E-state index in [1.807, 2.05) is 54.6 Å². The topological polar surface area (TPSA) is 113 Å². The monoisotopic (exact) mass is 464 g/mol. The first-order valence-corrected chi connectivity index (χ1v) is 10.1. The summed E-state index contributed by atoms with van der Waals surface area (Å²) in [6.45, 7) is 1.63. The second-order valence-electron chi connectivity index (χ2n) is 6.13. The summed E-state index contributed by atoms with van der Waals surface area (Å²) in [5, 5.41) is 22.3. The molecule has 0 bridgehead atoms. The predicted molar refractivity (Wildman–Crippen MR) is 116 cm³/mol. The van der Waals surface area contributed by atoms with E-state index in [9.17, 15) is 9.59 Å². The standard InChI is InChI=1S/C11H11NO2S.C9H10BrNO2/c1-7(11(13)14)12-10-6-8-4-2-3-5-9(8)15-10;10-7-3-1-6(2-4-7)5-8(11)9(12)13/h2-7,12H,1H3,(H,13,14);1-4,8H,5,11H2,(H,12,13). The number of carboxylic acids is 2. The minimum atomic E-state index is -0.970. The third-order valence-corrected chi connectivity index (χ3v) is 5.42. The minimum absolute atomic E-state index is 0.364. The second kappa shape index (κ2) is 10.2. The van der Waals surface area contributed by atoms with Crippen LogP contribution in [0.3, 0.4) is 0 Å². The average molecular weight is 465 g/mol. The second-order valence-corrected chi connectivity index (χ2v) is 8.13. The first-order valence-electron chi connectivity index (χ1n) is 8.47. The van der Waals surface area contributed by atoms with Gasteiger partial charge in [-0.05, 0) is 48.6 Å². The third-order valence-electron chi connectivity index (χ3n) is 3.84. The molecule has 2 aromatic carbocycles. The molecule has 148 valence electrons. The molecular weight excluding hydrogens is 444 g/mol. The lowest BCUT2D eigenvalue weighted by molar-refractivity contribution is -0.139. The van der Waals surface area contributed by atoms with Crippen LogP contribution in [0, 0.1) is 0 Å². The van der Waals surface area contributed by atoms with Crippen LogP contribution in [0.5, 0.6) is 0 Å². The number of nitrogens with one attached hydrogen (secondary N) is 1. The molecule has 0 aliphatic heterocycles. The number of halogens is 1. The van der Waals surface area contributed by atoms with Gasteiger partial charge in [-0.2, -0.15) is 0 Å². The lowest BCUT2D eigenvalue weighted by atomic mass is 10.1. The van der Waals surface area contributed by atoms with Gasteiger partial charge < -0.3 is 21.3 Å². The minimum Gasteiger partial charge on any atom is -0.480 e. The van der Waals surface area contributed by atoms with Crippen molar-refractivity contribution >= 4 is 54.3 Å². The summed E-state index contributed by atoms with van der Waals surface area (Å²) in [5.41, 5.74) is 6.30. The molecule has 1 aromatic heterocycles. The van der Waals surface area contributed by atoms with Crippen LogP contribution in [0.1, 0.15) is 12.5 Å². The fraction of sp³-hybridized carbons (Fsp3) is 0.200. The Bertz CT molecular complexity index is 910. The highest BCUT2D eigenvalue weighted by Crippen LogP contribution is 2.29. The molecule has 0 saturated heterocycles. The molecule has 0 radical (unpaired) electrons. The zero-order chi connectivity index (χ0) is 20.7. The van der Waals surface area contributed by atoms with Gasteiger partial charge in [0.05, 0.1) is 5.00 Å². The van der Waals surface area contributed by atoms with E-state index in [0.717, 1.165) is 25.1 Å². The third kappa shape index (κ3) is 6.63. The summed E-state index contributed by atoms with van der Waals surface area (Å²) in [4.78, 5) is 21.1. The Labute approximate surface area is 175 Å². The number of rotatable bonds is 6. The van der Waals surface area contributed by atoms with Crippen molar-refractivity contribution in [2.75, 3.05) is 5.32 Å². The highest BCUT2D eigenvalue weighted by atomic mass is 79.9. The molecule has 0 aliphatic rings. The van der Waals surface area contributed by atoms with Gasteiger partial charge in [0.15, 0.2) is 0 Å². The van der Waals surface area contributed by atoms with Crippen molar-refractivity contribution in [2.45, 2.75) is 25.4 Å². The summed E-state index contributed by atoms with van der Waals surface area (Å²) in [6.07, 6.45) is 0.364. The maximum absolute atomic E-state index is 10.7. The van der Waals surface area contributed by atoms with Crippen LogP contribution in [-0.2, 0) is 16.0 Å². The highest BCUT2D eigenvalue weighted by molar-refractivity contribution is 9.10. The number of nitrogens with two attached hydrogens (primary N) is 1. The van der Waals surface area contributed by atoms with Crippen molar-refractivity contribution in [1.29, 1.82) is 0 Å². The predicted octanol–water partition coefficient (Wildman–Crippen LogP) is 4.19. The first-order chi connectivity index (χ1) is 13.3. The van der Waals surface area contributed by atoms with E-state index in [1.165, 1.54) is 0 Å². The normalized spacial score (nSPS) is 12.5. The summed E-state index contributed by atoms with van der Waals surface area (Å²) < 4.78 is 2.14. The van der Waals surface area contributed by atoms with E-state index in [-0.39, 0.29) is 0 Å². The van der Waals surface area contributed by atoms with E-state index in [0.29, 0.717) is 6.42 Å². The molecule has 3 rings (SSSR count). The molecule has 28 heavy (non-hydrogen) atoms. The molecule has 1 heterocycles. The number of aliphatic carboxylic acids is 2. The quantitative estimate of drug-likeness (QED) is 0.434. The Morgan fingerprint density at radius 1 is 1.11 bits per heavy atom. The lowest BCUT2D eigenvalue weighted by Crippen LogP contribution is -2.32. The van der Waals surface area contributed by atoms with Crippen molar-refractivity contribution in [3.05, 3.63) is 64.6 Å². The molecule has 5 N–H and O–H groups in total. The van der Waals surface area contributed by atoms with Crippen molar-refractivity contribution in [2.24, 2.45) is 5.73 Å². The number of anilines is 1. The maximum Gasteiger partial charge on any atom is 0.325 e. The van der Waals surface area contributed by atoms with E-state index in [4.69, 9.17) is 15.9 Å². The van der Waals surface area contributed by atoms with Crippen LogP contribution >= 0.6 is 27.3 Å². The smallest absolute Gasteiger partial charge is 0.325 e. The van der Waals surface area contributed by atoms with Gasteiger partial charge in [-0.1, -0.05) is 46.3 Å². The fourth-order valence-electron chi connectivity index (χ4n) is 2.29. The Morgan fingerprint density at radius 3 is 2.32 bits per heavy atom. The maximum atomic E-state index is 10.7. The Morgan fingerprint density at radius 2 is 1.75 bits per heavy atom. The number of carbonyl (C=O) groups is 2. The van der Waals surface area contributed by atoms with Gasteiger partial charge >= 0.3 is 11.9 Å². The van der Waals surface area contributed by atoms with Gasteiger partial charge in [-0.25, -0.2) is 0 Å². The van der Waals surface area contributed by atoms with Crippen molar-refractivity contribution < 1.29 is 19.8 Å². The summed E-state index contributed by atoms with van der Waals surface area (Å²) in [7, 11) is 0.